The molecule has 2 aromatic heterocycles. The van der Waals surface area contributed by atoms with Crippen LogP contribution in [-0.2, 0) is 0 Å². The molecule has 17 heavy (non-hydrogen) atoms. The molecule has 2 aromatic rings. The van der Waals surface area contributed by atoms with E-state index >= 15 is 0 Å². The van der Waals surface area contributed by atoms with E-state index in [0.29, 0.717) is 13.7 Å². The molecule has 0 fully saturated rings. The Kier molecular flexibility index (Phi) is 4.80. The third kappa shape index (κ3) is 3.00. The summed E-state index contributed by atoms with van der Waals surface area (Å²) in [5.41, 5.74) is 0.981. The van der Waals surface area contributed by atoms with E-state index in [-0.39, 0.29) is 6.04 Å². The minimum atomic E-state index is 0.0139. The fourth-order valence-corrected chi connectivity index (χ4v) is 4.91. The molecule has 0 radical (unpaired) electrons. The van der Waals surface area contributed by atoms with Gasteiger partial charge >= 0.3 is 0 Å². The van der Waals surface area contributed by atoms with Crippen LogP contribution < -0.4 is 5.32 Å². The molecule has 2 heterocycles. The second kappa shape index (κ2) is 5.78. The van der Waals surface area contributed by atoms with Crippen molar-refractivity contribution in [2.45, 2.75) is 6.04 Å². The lowest BCUT2D eigenvalue weighted by Gasteiger charge is -2.13. The number of rotatable bonds is 3. The molecular weight excluding hydrogens is 385 g/mol. The van der Waals surface area contributed by atoms with E-state index in [9.17, 15) is 0 Å². The largest absolute Gasteiger partial charge is 0.309 e. The quantitative estimate of drug-likeness (QED) is 0.693. The van der Waals surface area contributed by atoms with Gasteiger partial charge in [-0.3, -0.25) is 0 Å². The van der Waals surface area contributed by atoms with Gasteiger partial charge in [0.15, 0.2) is 0 Å². The summed E-state index contributed by atoms with van der Waals surface area (Å²) in [7, 11) is 1.88. The van der Waals surface area contributed by atoms with Gasteiger partial charge in [-0.05, 0) is 35.1 Å². The molecule has 0 aromatic carbocycles. The highest BCUT2D eigenvalue weighted by Gasteiger charge is 2.20. The zero-order valence-corrected chi connectivity index (χ0v) is 14.0. The molecule has 1 atom stereocenters. The molecule has 0 aliphatic carbocycles. The maximum Gasteiger partial charge on any atom is 0.0995 e. The fraction of sp³-hybridized carbons (Fsp3) is 0.200. The molecule has 0 saturated heterocycles. The summed E-state index contributed by atoms with van der Waals surface area (Å²) >= 11 is 24.5. The zero-order valence-electron chi connectivity index (χ0n) is 8.56. The number of thiophene rings is 2. The smallest absolute Gasteiger partial charge is 0.0995 e. The highest BCUT2D eigenvalue weighted by atomic mass is 79.9. The molecule has 0 aliphatic rings. The molecule has 2 rings (SSSR count). The SMILES string of the molecule is CNC(c1cc(Cl)c(Br)s1)c1cc(Cl)sc1Cl. The lowest BCUT2D eigenvalue weighted by molar-refractivity contribution is 0.707. The van der Waals surface area contributed by atoms with Crippen LogP contribution in [0.3, 0.4) is 0 Å². The summed E-state index contributed by atoms with van der Waals surface area (Å²) < 4.78 is 2.31. The molecule has 7 heteroatoms. The summed E-state index contributed by atoms with van der Waals surface area (Å²) in [5.74, 6) is 0. The third-order valence-electron chi connectivity index (χ3n) is 2.23. The molecule has 1 N–H and O–H groups in total. The topological polar surface area (TPSA) is 12.0 Å². The molecule has 0 aliphatic heterocycles. The molecule has 0 bridgehead atoms. The van der Waals surface area contributed by atoms with Crippen molar-refractivity contribution in [3.8, 4) is 0 Å². The summed E-state index contributed by atoms with van der Waals surface area (Å²) in [6.45, 7) is 0. The van der Waals surface area contributed by atoms with Crippen LogP contribution in [-0.4, -0.2) is 7.05 Å². The fourth-order valence-electron chi connectivity index (χ4n) is 1.51. The molecule has 0 amide bonds. The van der Waals surface area contributed by atoms with Gasteiger partial charge in [0.1, 0.15) is 0 Å². The Morgan fingerprint density at radius 2 is 1.94 bits per heavy atom. The Balaban J connectivity index is 2.43. The summed E-state index contributed by atoms with van der Waals surface area (Å²) in [5, 5.41) is 3.93. The van der Waals surface area contributed by atoms with Crippen LogP contribution in [0, 0.1) is 0 Å². The first-order valence-electron chi connectivity index (χ1n) is 4.59. The minimum Gasteiger partial charge on any atom is -0.309 e. The lowest BCUT2D eigenvalue weighted by atomic mass is 10.1. The average molecular weight is 392 g/mol. The Morgan fingerprint density at radius 3 is 2.35 bits per heavy atom. The first kappa shape index (κ1) is 14.1. The van der Waals surface area contributed by atoms with Crippen LogP contribution in [0.5, 0.6) is 0 Å². The van der Waals surface area contributed by atoms with Crippen LogP contribution >= 0.6 is 73.4 Å². The van der Waals surface area contributed by atoms with Gasteiger partial charge in [0.2, 0.25) is 0 Å². The molecular formula is C10H7BrCl3NS2. The van der Waals surface area contributed by atoms with Gasteiger partial charge in [0, 0.05) is 10.4 Å². The predicted molar refractivity (Wildman–Crippen MR) is 82.3 cm³/mol. The maximum absolute atomic E-state index is 6.17. The van der Waals surface area contributed by atoms with Crippen molar-refractivity contribution < 1.29 is 0 Å². The van der Waals surface area contributed by atoms with E-state index in [1.807, 2.05) is 19.2 Å². The van der Waals surface area contributed by atoms with E-state index in [1.54, 1.807) is 11.3 Å². The summed E-state index contributed by atoms with van der Waals surface area (Å²) in [6, 6.07) is 3.83. The van der Waals surface area contributed by atoms with Gasteiger partial charge in [0.05, 0.1) is 23.5 Å². The molecule has 0 spiro atoms. The maximum atomic E-state index is 6.17. The van der Waals surface area contributed by atoms with Crippen LogP contribution in [0.2, 0.25) is 13.7 Å². The Bertz CT molecular complexity index is 518. The van der Waals surface area contributed by atoms with Crippen molar-refractivity contribution in [1.82, 2.24) is 5.32 Å². The predicted octanol–water partition coefficient (Wildman–Crippen LogP) is 5.84. The van der Waals surface area contributed by atoms with E-state index in [0.717, 1.165) is 14.2 Å². The number of hydrogen-bond donors (Lipinski definition) is 1. The molecule has 92 valence electrons. The third-order valence-corrected chi connectivity index (χ3v) is 6.29. The molecule has 1 nitrogen and oxygen atoms in total. The zero-order chi connectivity index (χ0) is 12.6. The van der Waals surface area contributed by atoms with Gasteiger partial charge < -0.3 is 5.32 Å². The normalized spacial score (nSPS) is 13.0. The van der Waals surface area contributed by atoms with Gasteiger partial charge in [0.25, 0.3) is 0 Å². The average Bonchev–Trinajstić information content (AvgIpc) is 2.74. The van der Waals surface area contributed by atoms with Crippen molar-refractivity contribution in [1.29, 1.82) is 0 Å². The number of nitrogens with one attached hydrogen (secondary N) is 1. The van der Waals surface area contributed by atoms with Gasteiger partial charge in [-0.1, -0.05) is 34.8 Å². The van der Waals surface area contributed by atoms with Crippen molar-refractivity contribution in [2.24, 2.45) is 0 Å². The minimum absolute atomic E-state index is 0.0139. The van der Waals surface area contributed by atoms with Gasteiger partial charge in [-0.2, -0.15) is 0 Å². The second-order valence-electron chi connectivity index (χ2n) is 3.27. The van der Waals surface area contributed by atoms with Gasteiger partial charge in [-0.25, -0.2) is 0 Å². The number of halogens is 4. The second-order valence-corrected chi connectivity index (χ2v) is 8.37. The van der Waals surface area contributed by atoms with Crippen molar-refractivity contribution in [2.75, 3.05) is 7.05 Å². The Hall–Kier alpha value is 0.710. The highest BCUT2D eigenvalue weighted by molar-refractivity contribution is 9.11. The van der Waals surface area contributed by atoms with Crippen LogP contribution in [0.15, 0.2) is 15.9 Å². The van der Waals surface area contributed by atoms with Crippen molar-refractivity contribution in [3.63, 3.8) is 0 Å². The lowest BCUT2D eigenvalue weighted by Crippen LogP contribution is -2.15. The van der Waals surface area contributed by atoms with Crippen LogP contribution in [0.4, 0.5) is 0 Å². The van der Waals surface area contributed by atoms with E-state index in [2.05, 4.69) is 21.2 Å². The Labute approximate surface area is 131 Å². The van der Waals surface area contributed by atoms with Crippen LogP contribution in [0.1, 0.15) is 16.5 Å². The van der Waals surface area contributed by atoms with Crippen LogP contribution in [0.25, 0.3) is 0 Å². The van der Waals surface area contributed by atoms with Crippen molar-refractivity contribution >= 4 is 73.4 Å². The molecule has 1 unspecified atom stereocenters. The number of hydrogen-bond acceptors (Lipinski definition) is 3. The first-order chi connectivity index (χ1) is 8.02. The summed E-state index contributed by atoms with van der Waals surface area (Å²) in [6.07, 6.45) is 0. The van der Waals surface area contributed by atoms with Crippen molar-refractivity contribution in [3.05, 3.63) is 40.1 Å². The van der Waals surface area contributed by atoms with E-state index < -0.39 is 0 Å². The Morgan fingerprint density at radius 1 is 1.24 bits per heavy atom. The highest BCUT2D eigenvalue weighted by Crippen LogP contribution is 2.42. The summed E-state index contributed by atoms with van der Waals surface area (Å²) in [4.78, 5) is 1.10. The molecule has 0 saturated carbocycles. The van der Waals surface area contributed by atoms with E-state index in [1.165, 1.54) is 11.3 Å². The van der Waals surface area contributed by atoms with E-state index in [4.69, 9.17) is 34.8 Å². The standard InChI is InChI=1S/C10H7BrCl3NS2/c1-15-8(4-2-7(13)17-10(4)14)6-3-5(12)9(11)16-6/h2-3,8,15H,1H3. The monoisotopic (exact) mass is 389 g/mol. The van der Waals surface area contributed by atoms with Gasteiger partial charge in [-0.15, -0.1) is 22.7 Å². The first-order valence-corrected chi connectivity index (χ1v) is 8.15.